The molecule has 5 N–H and O–H groups in total. The summed E-state index contributed by atoms with van der Waals surface area (Å²) in [5.41, 5.74) is 0. The zero-order chi connectivity index (χ0) is 16.4. The third kappa shape index (κ3) is 10.2. The molecule has 0 radical (unpaired) electrons. The van der Waals surface area contributed by atoms with Gasteiger partial charge in [-0.3, -0.25) is 14.4 Å². The maximum atomic E-state index is 11.6. The summed E-state index contributed by atoms with van der Waals surface area (Å²) in [5, 5.41) is 17.7. The number of hydrogen-bond acceptors (Lipinski definition) is 4. The first-order valence-electron chi connectivity index (χ1n) is 6.53. The molecule has 0 aliphatic heterocycles. The molecule has 0 aromatic carbocycles. The van der Waals surface area contributed by atoms with Crippen LogP contribution in [0.5, 0.6) is 0 Å². The monoisotopic (exact) mass is 302 g/mol. The highest BCUT2D eigenvalue weighted by Crippen LogP contribution is 1.89. The fourth-order valence-electron chi connectivity index (χ4n) is 1.17. The summed E-state index contributed by atoms with van der Waals surface area (Å²) in [6.07, 6.45) is 0. The van der Waals surface area contributed by atoms with Gasteiger partial charge in [-0.2, -0.15) is 0 Å². The van der Waals surface area contributed by atoms with E-state index in [-0.39, 0.29) is 12.5 Å². The van der Waals surface area contributed by atoms with E-state index >= 15 is 0 Å². The molecule has 0 saturated heterocycles. The van der Waals surface area contributed by atoms with Crippen LogP contribution in [-0.4, -0.2) is 54.6 Å². The lowest BCUT2D eigenvalue weighted by Crippen LogP contribution is -2.50. The molecule has 120 valence electrons. The molecule has 0 fully saturated rings. The first-order valence-corrected chi connectivity index (χ1v) is 6.53. The van der Waals surface area contributed by atoms with Crippen molar-refractivity contribution in [2.24, 2.45) is 5.92 Å². The minimum atomic E-state index is -1.18. The Balaban J connectivity index is 3.94. The maximum Gasteiger partial charge on any atom is 0.322 e. The molecule has 9 heteroatoms. The van der Waals surface area contributed by atoms with Crippen molar-refractivity contribution < 1.29 is 24.3 Å². The third-order valence-electron chi connectivity index (χ3n) is 2.27. The SMILES string of the molecule is CC(C)CNC(=O)C(C)NC(=O)NCC(=O)NCC(=O)O. The largest absolute Gasteiger partial charge is 0.480 e. The zero-order valence-electron chi connectivity index (χ0n) is 12.4. The Morgan fingerprint density at radius 3 is 2.10 bits per heavy atom. The van der Waals surface area contributed by atoms with Gasteiger partial charge in [-0.05, 0) is 12.8 Å². The van der Waals surface area contributed by atoms with Gasteiger partial charge in [0.25, 0.3) is 0 Å². The summed E-state index contributed by atoms with van der Waals surface area (Å²) in [7, 11) is 0. The van der Waals surface area contributed by atoms with Gasteiger partial charge in [0.15, 0.2) is 0 Å². The Bertz CT molecular complexity index is 397. The quantitative estimate of drug-likeness (QED) is 0.377. The van der Waals surface area contributed by atoms with E-state index in [9.17, 15) is 19.2 Å². The van der Waals surface area contributed by atoms with Gasteiger partial charge < -0.3 is 26.4 Å². The highest BCUT2D eigenvalue weighted by Gasteiger charge is 2.15. The molecule has 21 heavy (non-hydrogen) atoms. The Hall–Kier alpha value is -2.32. The van der Waals surface area contributed by atoms with Crippen LogP contribution in [-0.2, 0) is 14.4 Å². The topological polar surface area (TPSA) is 137 Å². The van der Waals surface area contributed by atoms with Crippen LogP contribution < -0.4 is 21.3 Å². The molecule has 0 bridgehead atoms. The molecule has 0 aromatic heterocycles. The summed E-state index contributed by atoms with van der Waals surface area (Å²) in [4.78, 5) is 44.4. The summed E-state index contributed by atoms with van der Waals surface area (Å²) in [6, 6.07) is -1.43. The number of rotatable bonds is 8. The lowest BCUT2D eigenvalue weighted by Gasteiger charge is -2.15. The van der Waals surface area contributed by atoms with E-state index in [1.54, 1.807) is 0 Å². The Morgan fingerprint density at radius 2 is 1.57 bits per heavy atom. The Kier molecular flexibility index (Phi) is 8.51. The molecule has 0 heterocycles. The van der Waals surface area contributed by atoms with Crippen LogP contribution in [0.4, 0.5) is 4.79 Å². The van der Waals surface area contributed by atoms with Crippen LogP contribution in [0, 0.1) is 5.92 Å². The molecule has 4 amide bonds. The van der Waals surface area contributed by atoms with Gasteiger partial charge >= 0.3 is 12.0 Å². The molecule has 0 aliphatic rings. The molecule has 0 aliphatic carbocycles. The zero-order valence-corrected chi connectivity index (χ0v) is 12.4. The van der Waals surface area contributed by atoms with Crippen LogP contribution >= 0.6 is 0 Å². The van der Waals surface area contributed by atoms with E-state index in [0.29, 0.717) is 12.5 Å². The second-order valence-electron chi connectivity index (χ2n) is 4.86. The predicted octanol–water partition coefficient (Wildman–Crippen LogP) is -1.35. The van der Waals surface area contributed by atoms with Gasteiger partial charge in [0.1, 0.15) is 12.6 Å². The van der Waals surface area contributed by atoms with Crippen molar-refractivity contribution in [1.29, 1.82) is 0 Å². The lowest BCUT2D eigenvalue weighted by atomic mass is 10.2. The van der Waals surface area contributed by atoms with Gasteiger partial charge in [0.05, 0.1) is 6.54 Å². The van der Waals surface area contributed by atoms with Gasteiger partial charge in [-0.15, -0.1) is 0 Å². The number of amides is 4. The number of urea groups is 1. The minimum absolute atomic E-state index is 0.299. The number of hydrogen-bond donors (Lipinski definition) is 5. The molecular weight excluding hydrogens is 280 g/mol. The van der Waals surface area contributed by atoms with Crippen molar-refractivity contribution in [3.8, 4) is 0 Å². The smallest absolute Gasteiger partial charge is 0.322 e. The predicted molar refractivity (Wildman–Crippen MR) is 74.5 cm³/mol. The molecule has 1 unspecified atom stereocenters. The molecule has 1 atom stereocenters. The number of nitrogens with one attached hydrogen (secondary N) is 4. The summed E-state index contributed by atoms with van der Waals surface area (Å²) in [6.45, 7) is 5.01. The number of aliphatic carboxylic acids is 1. The fourth-order valence-corrected chi connectivity index (χ4v) is 1.17. The van der Waals surface area contributed by atoms with E-state index in [1.807, 2.05) is 13.8 Å². The van der Waals surface area contributed by atoms with Crippen LogP contribution in [0.3, 0.4) is 0 Å². The average Bonchev–Trinajstić information content (AvgIpc) is 2.39. The van der Waals surface area contributed by atoms with E-state index in [1.165, 1.54) is 6.92 Å². The van der Waals surface area contributed by atoms with Crippen molar-refractivity contribution in [2.45, 2.75) is 26.8 Å². The van der Waals surface area contributed by atoms with Gasteiger partial charge in [-0.25, -0.2) is 4.79 Å². The van der Waals surface area contributed by atoms with Crippen molar-refractivity contribution in [3.05, 3.63) is 0 Å². The summed E-state index contributed by atoms with van der Waals surface area (Å²) in [5.74, 6) is -1.84. The first kappa shape index (κ1) is 18.7. The number of carboxylic acids is 1. The molecule has 0 rings (SSSR count). The standard InChI is InChI=1S/C12H22N4O5/c1-7(2)4-14-11(20)8(3)16-12(21)15-5-9(17)13-6-10(18)19/h7-8H,4-6H2,1-3H3,(H,13,17)(H,14,20)(H,18,19)(H2,15,16,21). The third-order valence-corrected chi connectivity index (χ3v) is 2.27. The summed E-state index contributed by atoms with van der Waals surface area (Å²) < 4.78 is 0. The van der Waals surface area contributed by atoms with Crippen molar-refractivity contribution in [1.82, 2.24) is 21.3 Å². The van der Waals surface area contributed by atoms with E-state index in [0.717, 1.165) is 0 Å². The first-order chi connectivity index (χ1) is 9.72. The Labute approximate surface area is 122 Å². The molecule has 0 aromatic rings. The highest BCUT2D eigenvalue weighted by atomic mass is 16.4. The average molecular weight is 302 g/mol. The molecule has 0 spiro atoms. The van der Waals surface area contributed by atoms with E-state index in [4.69, 9.17) is 5.11 Å². The molecular formula is C12H22N4O5. The van der Waals surface area contributed by atoms with Crippen LogP contribution in [0.1, 0.15) is 20.8 Å². The number of carboxylic acid groups (broad SMARTS) is 1. The normalized spacial score (nSPS) is 11.4. The van der Waals surface area contributed by atoms with Gasteiger partial charge in [0.2, 0.25) is 11.8 Å². The Morgan fingerprint density at radius 1 is 0.952 bits per heavy atom. The highest BCUT2D eigenvalue weighted by molar-refractivity contribution is 5.89. The fraction of sp³-hybridized carbons (Fsp3) is 0.667. The lowest BCUT2D eigenvalue weighted by molar-refractivity contribution is -0.137. The molecule has 0 saturated carbocycles. The van der Waals surface area contributed by atoms with Crippen LogP contribution in [0.15, 0.2) is 0 Å². The van der Waals surface area contributed by atoms with Crippen molar-refractivity contribution >= 4 is 23.8 Å². The minimum Gasteiger partial charge on any atom is -0.480 e. The number of carbonyl (C=O) groups is 4. The van der Waals surface area contributed by atoms with Gasteiger partial charge in [-0.1, -0.05) is 13.8 Å². The van der Waals surface area contributed by atoms with Crippen molar-refractivity contribution in [3.63, 3.8) is 0 Å². The second kappa shape index (κ2) is 9.56. The second-order valence-corrected chi connectivity index (χ2v) is 4.86. The van der Waals surface area contributed by atoms with Crippen LogP contribution in [0.2, 0.25) is 0 Å². The van der Waals surface area contributed by atoms with Crippen LogP contribution in [0.25, 0.3) is 0 Å². The van der Waals surface area contributed by atoms with Crippen molar-refractivity contribution in [2.75, 3.05) is 19.6 Å². The van der Waals surface area contributed by atoms with E-state index in [2.05, 4.69) is 21.3 Å². The molecule has 9 nitrogen and oxygen atoms in total. The maximum absolute atomic E-state index is 11.6. The van der Waals surface area contributed by atoms with Gasteiger partial charge in [0, 0.05) is 6.54 Å². The number of carbonyl (C=O) groups excluding carboxylic acids is 3. The summed E-state index contributed by atoms with van der Waals surface area (Å²) >= 11 is 0. The van der Waals surface area contributed by atoms with E-state index < -0.39 is 30.5 Å².